The summed E-state index contributed by atoms with van der Waals surface area (Å²) < 4.78 is 25.2. The van der Waals surface area contributed by atoms with E-state index in [1.807, 2.05) is 0 Å². The van der Waals surface area contributed by atoms with Crippen molar-refractivity contribution in [2.75, 3.05) is 27.2 Å². The maximum Gasteiger partial charge on any atom is 0.307 e. The number of nitrogens with zero attached hydrogens (tertiary/aromatic N) is 2. The highest BCUT2D eigenvalue weighted by Crippen LogP contribution is 2.20. The SMILES string of the molecule is CN(C)S(=O)(=O)c1ccc(CN2CCCC(C(=O)O)C2)cc1. The molecule has 1 aliphatic rings. The monoisotopic (exact) mass is 326 g/mol. The first kappa shape index (κ1) is 16.9. The highest BCUT2D eigenvalue weighted by molar-refractivity contribution is 7.89. The number of likely N-dealkylation sites (tertiary alicyclic amines) is 1. The van der Waals surface area contributed by atoms with Gasteiger partial charge in [0.05, 0.1) is 10.8 Å². The summed E-state index contributed by atoms with van der Waals surface area (Å²) in [6.07, 6.45) is 1.61. The van der Waals surface area contributed by atoms with Gasteiger partial charge in [-0.1, -0.05) is 12.1 Å². The van der Waals surface area contributed by atoms with Crippen LogP contribution in [0.15, 0.2) is 29.2 Å². The van der Waals surface area contributed by atoms with Gasteiger partial charge >= 0.3 is 5.97 Å². The van der Waals surface area contributed by atoms with Gasteiger partial charge in [0, 0.05) is 27.2 Å². The van der Waals surface area contributed by atoms with Crippen LogP contribution < -0.4 is 0 Å². The molecular weight excluding hydrogens is 304 g/mol. The molecule has 1 atom stereocenters. The van der Waals surface area contributed by atoms with Crippen molar-refractivity contribution in [3.63, 3.8) is 0 Å². The fourth-order valence-electron chi connectivity index (χ4n) is 2.64. The van der Waals surface area contributed by atoms with Crippen molar-refractivity contribution in [2.24, 2.45) is 5.92 Å². The molecular formula is C15H22N2O4S. The van der Waals surface area contributed by atoms with Crippen LogP contribution in [0.3, 0.4) is 0 Å². The van der Waals surface area contributed by atoms with Crippen molar-refractivity contribution in [2.45, 2.75) is 24.3 Å². The van der Waals surface area contributed by atoms with Crippen LogP contribution in [0, 0.1) is 5.92 Å². The lowest BCUT2D eigenvalue weighted by Gasteiger charge is -2.30. The fourth-order valence-corrected chi connectivity index (χ4v) is 3.54. The number of benzene rings is 1. The summed E-state index contributed by atoms with van der Waals surface area (Å²) in [7, 11) is -0.399. The maximum absolute atomic E-state index is 12.0. The number of rotatable bonds is 5. The lowest BCUT2D eigenvalue weighted by atomic mass is 9.98. The quantitative estimate of drug-likeness (QED) is 0.880. The van der Waals surface area contributed by atoms with E-state index in [0.717, 1.165) is 24.9 Å². The molecule has 6 nitrogen and oxygen atoms in total. The second-order valence-corrected chi connectivity index (χ2v) is 8.00. The van der Waals surface area contributed by atoms with Gasteiger partial charge in [0.25, 0.3) is 0 Å². The molecule has 2 rings (SSSR count). The first-order chi connectivity index (χ1) is 10.3. The van der Waals surface area contributed by atoms with Crippen molar-refractivity contribution in [3.05, 3.63) is 29.8 Å². The zero-order chi connectivity index (χ0) is 16.3. The summed E-state index contributed by atoms with van der Waals surface area (Å²) >= 11 is 0. The molecule has 1 unspecified atom stereocenters. The summed E-state index contributed by atoms with van der Waals surface area (Å²) in [4.78, 5) is 13.4. The number of aliphatic carboxylic acids is 1. The largest absolute Gasteiger partial charge is 0.481 e. The number of sulfonamides is 1. The van der Waals surface area contributed by atoms with Gasteiger partial charge in [0.15, 0.2) is 0 Å². The van der Waals surface area contributed by atoms with E-state index in [9.17, 15) is 13.2 Å². The van der Waals surface area contributed by atoms with Gasteiger partial charge in [-0.2, -0.15) is 0 Å². The Kier molecular flexibility index (Phi) is 5.20. The maximum atomic E-state index is 12.0. The molecule has 0 aliphatic carbocycles. The van der Waals surface area contributed by atoms with Crippen LogP contribution in [0.2, 0.25) is 0 Å². The lowest BCUT2D eigenvalue weighted by Crippen LogP contribution is -2.38. The number of carboxylic acid groups (broad SMARTS) is 1. The molecule has 122 valence electrons. The minimum Gasteiger partial charge on any atom is -0.481 e. The second kappa shape index (κ2) is 6.76. The molecule has 0 bridgehead atoms. The zero-order valence-electron chi connectivity index (χ0n) is 12.9. The van der Waals surface area contributed by atoms with Crippen LogP contribution in [-0.2, 0) is 21.4 Å². The molecule has 1 aliphatic heterocycles. The molecule has 1 saturated heterocycles. The van der Waals surface area contributed by atoms with Crippen molar-refractivity contribution >= 4 is 16.0 Å². The molecule has 0 saturated carbocycles. The van der Waals surface area contributed by atoms with Gasteiger partial charge in [-0.25, -0.2) is 12.7 Å². The third-order valence-corrected chi connectivity index (χ3v) is 5.79. The molecule has 1 N–H and O–H groups in total. The molecule has 0 spiro atoms. The van der Waals surface area contributed by atoms with E-state index in [1.165, 1.54) is 18.4 Å². The molecule has 0 radical (unpaired) electrons. The van der Waals surface area contributed by atoms with E-state index < -0.39 is 16.0 Å². The third kappa shape index (κ3) is 3.85. The van der Waals surface area contributed by atoms with E-state index in [2.05, 4.69) is 4.90 Å². The van der Waals surface area contributed by atoms with Crippen LogP contribution in [0.1, 0.15) is 18.4 Å². The minimum absolute atomic E-state index is 0.267. The first-order valence-electron chi connectivity index (χ1n) is 7.27. The minimum atomic E-state index is -3.40. The Labute approximate surface area is 131 Å². The Morgan fingerprint density at radius 3 is 2.50 bits per heavy atom. The third-order valence-electron chi connectivity index (χ3n) is 3.96. The van der Waals surface area contributed by atoms with E-state index in [4.69, 9.17) is 5.11 Å². The van der Waals surface area contributed by atoms with Crippen molar-refractivity contribution in [3.8, 4) is 0 Å². The summed E-state index contributed by atoms with van der Waals surface area (Å²) in [6.45, 7) is 2.07. The Morgan fingerprint density at radius 1 is 1.32 bits per heavy atom. The van der Waals surface area contributed by atoms with E-state index >= 15 is 0 Å². The second-order valence-electron chi connectivity index (χ2n) is 5.84. The standard InChI is InChI=1S/C15H22N2O4S/c1-16(2)22(20,21)14-7-5-12(6-8-14)10-17-9-3-4-13(11-17)15(18)19/h5-8,13H,3-4,9-11H2,1-2H3,(H,18,19). The predicted octanol–water partition coefficient (Wildman–Crippen LogP) is 1.23. The highest BCUT2D eigenvalue weighted by Gasteiger charge is 2.25. The topological polar surface area (TPSA) is 77.9 Å². The molecule has 1 fully saturated rings. The van der Waals surface area contributed by atoms with Crippen LogP contribution in [-0.4, -0.2) is 55.9 Å². The predicted molar refractivity (Wildman–Crippen MR) is 83.0 cm³/mol. The van der Waals surface area contributed by atoms with Crippen LogP contribution in [0.4, 0.5) is 0 Å². The molecule has 22 heavy (non-hydrogen) atoms. The Morgan fingerprint density at radius 2 is 1.95 bits per heavy atom. The molecule has 0 amide bonds. The average Bonchev–Trinajstić information content (AvgIpc) is 2.48. The van der Waals surface area contributed by atoms with Gasteiger partial charge in [0.1, 0.15) is 0 Å². The molecule has 1 aromatic rings. The average molecular weight is 326 g/mol. The normalized spacial score (nSPS) is 20.2. The first-order valence-corrected chi connectivity index (χ1v) is 8.71. The molecule has 7 heteroatoms. The van der Waals surface area contributed by atoms with Crippen LogP contribution >= 0.6 is 0 Å². The van der Waals surface area contributed by atoms with Gasteiger partial charge in [-0.3, -0.25) is 9.69 Å². The number of carbonyl (C=O) groups is 1. The summed E-state index contributed by atoms with van der Waals surface area (Å²) in [5, 5.41) is 9.10. The van der Waals surface area contributed by atoms with Gasteiger partial charge in [-0.15, -0.1) is 0 Å². The number of hydrogen-bond acceptors (Lipinski definition) is 4. The molecule has 0 aromatic heterocycles. The van der Waals surface area contributed by atoms with E-state index in [1.54, 1.807) is 24.3 Å². The lowest BCUT2D eigenvalue weighted by molar-refractivity contribution is -0.143. The Balaban J connectivity index is 2.04. The van der Waals surface area contributed by atoms with Gasteiger partial charge in [0.2, 0.25) is 10.0 Å². The molecule has 1 heterocycles. The van der Waals surface area contributed by atoms with E-state index in [0.29, 0.717) is 13.1 Å². The van der Waals surface area contributed by atoms with Gasteiger partial charge < -0.3 is 5.11 Å². The summed E-state index contributed by atoms with van der Waals surface area (Å²) in [6, 6.07) is 6.79. The van der Waals surface area contributed by atoms with Crippen LogP contribution in [0.5, 0.6) is 0 Å². The Bertz CT molecular complexity index is 625. The summed E-state index contributed by atoms with van der Waals surface area (Å²) in [5.74, 6) is -1.04. The summed E-state index contributed by atoms with van der Waals surface area (Å²) in [5.41, 5.74) is 0.990. The highest BCUT2D eigenvalue weighted by atomic mass is 32.2. The Hall–Kier alpha value is -1.44. The van der Waals surface area contributed by atoms with Crippen molar-refractivity contribution in [1.82, 2.24) is 9.21 Å². The number of hydrogen-bond donors (Lipinski definition) is 1. The van der Waals surface area contributed by atoms with E-state index in [-0.39, 0.29) is 10.8 Å². The fraction of sp³-hybridized carbons (Fsp3) is 0.533. The van der Waals surface area contributed by atoms with Gasteiger partial charge in [-0.05, 0) is 37.1 Å². The smallest absolute Gasteiger partial charge is 0.307 e. The van der Waals surface area contributed by atoms with Crippen molar-refractivity contribution in [1.29, 1.82) is 0 Å². The number of piperidine rings is 1. The number of carboxylic acids is 1. The molecule has 1 aromatic carbocycles. The zero-order valence-corrected chi connectivity index (χ0v) is 13.7. The van der Waals surface area contributed by atoms with Crippen molar-refractivity contribution < 1.29 is 18.3 Å². The van der Waals surface area contributed by atoms with Crippen LogP contribution in [0.25, 0.3) is 0 Å².